The second-order valence-corrected chi connectivity index (χ2v) is 4.89. The molecule has 2 aromatic heterocycles. The van der Waals surface area contributed by atoms with Crippen LogP contribution >= 0.6 is 23.8 Å². The molecule has 0 spiro atoms. The quantitative estimate of drug-likeness (QED) is 0.680. The zero-order valence-corrected chi connectivity index (χ0v) is 11.2. The number of aromatic amines is 1. The predicted molar refractivity (Wildman–Crippen MR) is 76.0 cm³/mol. The van der Waals surface area contributed by atoms with Gasteiger partial charge in [0, 0.05) is 6.20 Å². The standard InChI is InChI=1S/C13H10ClN3S/c1-8-4-5-11(9(14)7-8)17-12-10(16-13(17)18)3-2-6-15-12/h2-7H,1H3,(H,16,18). The number of halogens is 1. The maximum atomic E-state index is 6.28. The summed E-state index contributed by atoms with van der Waals surface area (Å²) in [5.74, 6) is 0. The van der Waals surface area contributed by atoms with Crippen LogP contribution in [-0.4, -0.2) is 14.5 Å². The first-order chi connectivity index (χ1) is 8.66. The topological polar surface area (TPSA) is 33.6 Å². The zero-order valence-electron chi connectivity index (χ0n) is 9.64. The Morgan fingerprint density at radius 3 is 2.94 bits per heavy atom. The molecule has 0 aliphatic rings. The van der Waals surface area contributed by atoms with E-state index in [1.54, 1.807) is 6.20 Å². The zero-order chi connectivity index (χ0) is 12.7. The van der Waals surface area contributed by atoms with Crippen LogP contribution in [0, 0.1) is 11.7 Å². The van der Waals surface area contributed by atoms with Crippen LogP contribution in [0.15, 0.2) is 36.5 Å². The van der Waals surface area contributed by atoms with Crippen LogP contribution in [-0.2, 0) is 0 Å². The second-order valence-electron chi connectivity index (χ2n) is 4.09. The highest BCUT2D eigenvalue weighted by Crippen LogP contribution is 2.25. The number of aromatic nitrogens is 3. The average molecular weight is 276 g/mol. The molecule has 0 unspecified atom stereocenters. The fraction of sp³-hybridized carbons (Fsp3) is 0.0769. The highest BCUT2D eigenvalue weighted by Gasteiger charge is 2.10. The van der Waals surface area contributed by atoms with E-state index < -0.39 is 0 Å². The summed E-state index contributed by atoms with van der Waals surface area (Å²) >= 11 is 11.6. The Balaban J connectivity index is 2.38. The van der Waals surface area contributed by atoms with Crippen molar-refractivity contribution < 1.29 is 0 Å². The van der Waals surface area contributed by atoms with Crippen molar-refractivity contribution in [3.8, 4) is 5.69 Å². The van der Waals surface area contributed by atoms with Gasteiger partial charge >= 0.3 is 0 Å². The minimum absolute atomic E-state index is 0.592. The summed E-state index contributed by atoms with van der Waals surface area (Å²) < 4.78 is 2.45. The number of pyridine rings is 1. The molecule has 3 aromatic rings. The van der Waals surface area contributed by atoms with Crippen LogP contribution in [0.1, 0.15) is 5.56 Å². The lowest BCUT2D eigenvalue weighted by Crippen LogP contribution is -1.96. The lowest BCUT2D eigenvalue weighted by atomic mass is 10.2. The molecular formula is C13H10ClN3S. The number of hydrogen-bond acceptors (Lipinski definition) is 2. The molecule has 5 heteroatoms. The normalized spacial score (nSPS) is 11.0. The molecule has 0 atom stereocenters. The van der Waals surface area contributed by atoms with Gasteiger partial charge in [-0.1, -0.05) is 17.7 Å². The van der Waals surface area contributed by atoms with E-state index in [1.165, 1.54) is 0 Å². The van der Waals surface area contributed by atoms with E-state index in [0.717, 1.165) is 22.4 Å². The largest absolute Gasteiger partial charge is 0.329 e. The molecule has 3 rings (SSSR count). The van der Waals surface area contributed by atoms with Crippen LogP contribution in [0.5, 0.6) is 0 Å². The van der Waals surface area contributed by atoms with Gasteiger partial charge in [0.25, 0.3) is 0 Å². The third-order valence-electron chi connectivity index (χ3n) is 2.79. The van der Waals surface area contributed by atoms with Crippen molar-refractivity contribution in [2.75, 3.05) is 0 Å². The van der Waals surface area contributed by atoms with Gasteiger partial charge in [-0.05, 0) is 49.0 Å². The van der Waals surface area contributed by atoms with Gasteiger partial charge < -0.3 is 4.98 Å². The summed E-state index contributed by atoms with van der Waals surface area (Å²) in [6.45, 7) is 2.00. The highest BCUT2D eigenvalue weighted by molar-refractivity contribution is 7.71. The third kappa shape index (κ3) is 1.74. The fourth-order valence-corrected chi connectivity index (χ4v) is 2.57. The minimum Gasteiger partial charge on any atom is -0.329 e. The van der Waals surface area contributed by atoms with Crippen molar-refractivity contribution in [3.05, 3.63) is 51.9 Å². The third-order valence-corrected chi connectivity index (χ3v) is 3.37. The maximum absolute atomic E-state index is 6.28. The number of hydrogen-bond donors (Lipinski definition) is 1. The maximum Gasteiger partial charge on any atom is 0.184 e. The summed E-state index contributed by atoms with van der Waals surface area (Å²) in [6.07, 6.45) is 1.74. The number of nitrogens with one attached hydrogen (secondary N) is 1. The molecule has 0 aliphatic carbocycles. The summed E-state index contributed by atoms with van der Waals surface area (Å²) in [4.78, 5) is 7.47. The number of nitrogens with zero attached hydrogens (tertiary/aromatic N) is 2. The Bertz CT molecular complexity index is 788. The Labute approximate surface area is 114 Å². The van der Waals surface area contributed by atoms with Gasteiger partial charge in [0.2, 0.25) is 0 Å². The van der Waals surface area contributed by atoms with E-state index in [9.17, 15) is 0 Å². The smallest absolute Gasteiger partial charge is 0.184 e. The van der Waals surface area contributed by atoms with E-state index in [0.29, 0.717) is 9.79 Å². The fourth-order valence-electron chi connectivity index (χ4n) is 1.96. The van der Waals surface area contributed by atoms with Crippen molar-refractivity contribution in [2.24, 2.45) is 0 Å². The molecule has 0 aliphatic heterocycles. The van der Waals surface area contributed by atoms with Crippen molar-refractivity contribution in [1.82, 2.24) is 14.5 Å². The van der Waals surface area contributed by atoms with E-state index in [1.807, 2.05) is 41.8 Å². The highest BCUT2D eigenvalue weighted by atomic mass is 35.5. The summed E-state index contributed by atoms with van der Waals surface area (Å²) in [5, 5.41) is 0.664. The van der Waals surface area contributed by atoms with Crippen LogP contribution in [0.4, 0.5) is 0 Å². The number of aryl methyl sites for hydroxylation is 1. The molecule has 0 radical (unpaired) electrons. The van der Waals surface area contributed by atoms with Crippen molar-refractivity contribution in [1.29, 1.82) is 0 Å². The van der Waals surface area contributed by atoms with Gasteiger partial charge in [0.1, 0.15) is 0 Å². The molecule has 2 heterocycles. The van der Waals surface area contributed by atoms with Gasteiger partial charge in [-0.25, -0.2) is 4.98 Å². The average Bonchev–Trinajstić information content (AvgIpc) is 2.66. The van der Waals surface area contributed by atoms with Crippen LogP contribution in [0.25, 0.3) is 16.9 Å². The molecule has 0 bridgehead atoms. The summed E-state index contributed by atoms with van der Waals surface area (Å²) in [7, 11) is 0. The number of H-pyrrole nitrogens is 1. The van der Waals surface area contributed by atoms with Gasteiger partial charge in [-0.15, -0.1) is 0 Å². The number of imidazole rings is 1. The first-order valence-electron chi connectivity index (χ1n) is 5.49. The molecule has 1 aromatic carbocycles. The van der Waals surface area contributed by atoms with Gasteiger partial charge in [-0.2, -0.15) is 0 Å². The number of fused-ring (bicyclic) bond motifs is 1. The van der Waals surface area contributed by atoms with Crippen molar-refractivity contribution >= 4 is 35.0 Å². The molecular weight excluding hydrogens is 266 g/mol. The van der Waals surface area contributed by atoms with Gasteiger partial charge in [0.05, 0.1) is 16.2 Å². The Hall–Kier alpha value is -1.65. The van der Waals surface area contributed by atoms with Crippen LogP contribution in [0.2, 0.25) is 5.02 Å². The SMILES string of the molecule is Cc1ccc(-n2c(=S)[nH]c3cccnc32)c(Cl)c1. The first kappa shape index (κ1) is 11.4. The number of benzene rings is 1. The van der Waals surface area contributed by atoms with Gasteiger partial charge in [0.15, 0.2) is 10.4 Å². The molecule has 3 nitrogen and oxygen atoms in total. The minimum atomic E-state index is 0.592. The van der Waals surface area contributed by atoms with E-state index in [-0.39, 0.29) is 0 Å². The molecule has 0 saturated heterocycles. The summed E-state index contributed by atoms with van der Waals surface area (Å²) in [6, 6.07) is 9.69. The Morgan fingerprint density at radius 2 is 2.17 bits per heavy atom. The Kier molecular flexibility index (Phi) is 2.69. The first-order valence-corrected chi connectivity index (χ1v) is 6.28. The van der Waals surface area contributed by atoms with Gasteiger partial charge in [-0.3, -0.25) is 4.57 Å². The monoisotopic (exact) mass is 275 g/mol. The Morgan fingerprint density at radius 1 is 1.33 bits per heavy atom. The molecule has 90 valence electrons. The molecule has 0 fully saturated rings. The van der Waals surface area contributed by atoms with Crippen molar-refractivity contribution in [3.63, 3.8) is 0 Å². The van der Waals surface area contributed by atoms with Crippen LogP contribution in [0.3, 0.4) is 0 Å². The molecule has 18 heavy (non-hydrogen) atoms. The number of rotatable bonds is 1. The molecule has 1 N–H and O–H groups in total. The molecule has 0 saturated carbocycles. The van der Waals surface area contributed by atoms with Crippen LogP contribution < -0.4 is 0 Å². The predicted octanol–water partition coefficient (Wildman–Crippen LogP) is 4.04. The molecule has 0 amide bonds. The van der Waals surface area contributed by atoms with Crippen molar-refractivity contribution in [2.45, 2.75) is 6.92 Å². The lowest BCUT2D eigenvalue weighted by molar-refractivity contribution is 1.04. The van der Waals surface area contributed by atoms with E-state index in [4.69, 9.17) is 23.8 Å². The van der Waals surface area contributed by atoms with E-state index in [2.05, 4.69) is 9.97 Å². The second kappa shape index (κ2) is 4.23. The lowest BCUT2D eigenvalue weighted by Gasteiger charge is -2.07. The summed E-state index contributed by atoms with van der Waals surface area (Å²) in [5.41, 5.74) is 3.65. The van der Waals surface area contributed by atoms with E-state index >= 15 is 0 Å².